The first-order chi connectivity index (χ1) is 16.0. The third-order valence-electron chi connectivity index (χ3n) is 4.81. The molecule has 0 aliphatic rings. The van der Waals surface area contributed by atoms with Crippen LogP contribution in [0.4, 0.5) is 55.7 Å². The minimum atomic E-state index is -7.05. The lowest BCUT2D eigenvalue weighted by atomic mass is 10.0. The summed E-state index contributed by atoms with van der Waals surface area (Å²) in [7, 11) is 0. The van der Waals surface area contributed by atoms with Crippen molar-refractivity contribution in [2.45, 2.75) is 30.9 Å². The number of anilines is 2. The molecule has 0 saturated heterocycles. The second kappa shape index (κ2) is 8.46. The summed E-state index contributed by atoms with van der Waals surface area (Å²) in [6.07, 6.45) is -6.86. The van der Waals surface area contributed by atoms with Gasteiger partial charge in [0, 0.05) is 0 Å². The number of carbonyl (C=O) groups excluding carboxylic acids is 1. The zero-order chi connectivity index (χ0) is 26.4. The van der Waals surface area contributed by atoms with E-state index in [4.69, 9.17) is 5.73 Å². The molecule has 6 nitrogen and oxygen atoms in total. The van der Waals surface area contributed by atoms with E-state index in [0.717, 1.165) is 10.5 Å². The maximum absolute atomic E-state index is 14.1. The van der Waals surface area contributed by atoms with Gasteiger partial charge < -0.3 is 5.73 Å². The molecule has 1 aromatic heterocycles. The van der Waals surface area contributed by atoms with Crippen LogP contribution in [0.5, 0.6) is 0 Å². The molecule has 0 fully saturated rings. The van der Waals surface area contributed by atoms with Crippen LogP contribution in [0.2, 0.25) is 0 Å². The number of nitrogens with two attached hydrogens (primary N) is 1. The predicted octanol–water partition coefficient (Wildman–Crippen LogP) is 5.72. The summed E-state index contributed by atoms with van der Waals surface area (Å²) in [5.74, 6) is -19.9. The molecule has 15 heteroatoms. The fraction of sp³-hybridized carbons (Fsp3) is 0.250. The number of alkyl halides is 9. The smallest absolute Gasteiger partial charge is 0.351 e. The molecule has 0 aliphatic carbocycles. The van der Waals surface area contributed by atoms with Gasteiger partial charge in [-0.25, -0.2) is 9.48 Å². The summed E-state index contributed by atoms with van der Waals surface area (Å²) in [5.41, 5.74) is 4.57. The van der Waals surface area contributed by atoms with Crippen molar-refractivity contribution in [2.75, 3.05) is 4.90 Å². The van der Waals surface area contributed by atoms with Crippen LogP contribution in [0, 0.1) is 6.92 Å². The average molecular weight is 511 g/mol. The predicted molar refractivity (Wildman–Crippen MR) is 104 cm³/mol. The van der Waals surface area contributed by atoms with Gasteiger partial charge >= 0.3 is 30.0 Å². The number of aromatic nitrogens is 3. The summed E-state index contributed by atoms with van der Waals surface area (Å²) in [6.45, 7) is 1.76. The lowest BCUT2D eigenvalue weighted by molar-refractivity contribution is -0.400. The normalized spacial score (nSPS) is 13.1. The number of nitrogens with zero attached hydrogens (tertiary/aromatic N) is 4. The molecule has 2 aromatic carbocycles. The highest BCUT2D eigenvalue weighted by Gasteiger charge is 2.82. The van der Waals surface area contributed by atoms with E-state index < -0.39 is 35.7 Å². The van der Waals surface area contributed by atoms with Gasteiger partial charge in [-0.15, -0.1) is 5.10 Å². The van der Waals surface area contributed by atoms with E-state index in [1.165, 1.54) is 24.3 Å². The van der Waals surface area contributed by atoms with E-state index in [1.54, 1.807) is 31.2 Å². The van der Waals surface area contributed by atoms with Gasteiger partial charge in [-0.1, -0.05) is 17.3 Å². The number of benzene rings is 2. The van der Waals surface area contributed by atoms with Crippen LogP contribution in [-0.2, 0) is 5.92 Å². The fourth-order valence-corrected chi connectivity index (χ4v) is 2.99. The molecule has 35 heavy (non-hydrogen) atoms. The van der Waals surface area contributed by atoms with Crippen LogP contribution >= 0.6 is 0 Å². The van der Waals surface area contributed by atoms with Crippen molar-refractivity contribution < 1.29 is 44.3 Å². The number of aryl methyl sites for hydroxylation is 1. The highest BCUT2D eigenvalue weighted by molar-refractivity contribution is 5.98. The van der Waals surface area contributed by atoms with Gasteiger partial charge in [-0.3, -0.25) is 4.90 Å². The zero-order valence-corrected chi connectivity index (χ0v) is 17.4. The molecule has 0 bridgehead atoms. The minimum absolute atomic E-state index is 0.0851. The molecule has 3 aromatic rings. The van der Waals surface area contributed by atoms with E-state index in [1.807, 2.05) is 0 Å². The number of hydrogen-bond acceptors (Lipinski definition) is 3. The molecular weight excluding hydrogens is 497 g/mol. The number of carbonyl (C=O) groups is 1. The Hall–Kier alpha value is -3.78. The number of primary amides is 1. The fourth-order valence-electron chi connectivity index (χ4n) is 2.99. The first-order valence-corrected chi connectivity index (χ1v) is 9.40. The van der Waals surface area contributed by atoms with Crippen molar-refractivity contribution in [1.29, 1.82) is 0 Å². The van der Waals surface area contributed by atoms with Crippen LogP contribution in [0.3, 0.4) is 0 Å². The third-order valence-corrected chi connectivity index (χ3v) is 4.81. The van der Waals surface area contributed by atoms with Crippen LogP contribution in [-0.4, -0.2) is 39.0 Å². The van der Waals surface area contributed by atoms with Crippen molar-refractivity contribution in [3.63, 3.8) is 0 Å². The van der Waals surface area contributed by atoms with Crippen LogP contribution in [0.1, 0.15) is 11.3 Å². The van der Waals surface area contributed by atoms with Crippen molar-refractivity contribution >= 4 is 17.4 Å². The van der Waals surface area contributed by atoms with E-state index >= 15 is 0 Å². The van der Waals surface area contributed by atoms with Crippen LogP contribution < -0.4 is 10.6 Å². The van der Waals surface area contributed by atoms with Crippen molar-refractivity contribution in [1.82, 2.24) is 15.0 Å². The Labute approximate surface area is 190 Å². The SMILES string of the molecule is Cc1cccc(N(C(N)=O)c2ccc(-n3cc(C(F)(F)C(F)(F)C(F)(F)C(F)(F)F)nn3)cc2)c1. The molecule has 0 spiro atoms. The maximum atomic E-state index is 14.1. The topological polar surface area (TPSA) is 77.0 Å². The monoisotopic (exact) mass is 511 g/mol. The molecule has 0 radical (unpaired) electrons. The standard InChI is InChI=1S/C20H14F9N5O/c1-11-3-2-4-14(9-11)34(16(30)35)13-7-5-12(6-8-13)33-10-15(31-32-33)17(21,22)18(23,24)19(25,26)20(27,28)29/h2-10H,1H3,(H2,30,35). The average Bonchev–Trinajstić information content (AvgIpc) is 3.24. The quantitative estimate of drug-likeness (QED) is 0.431. The van der Waals surface area contributed by atoms with E-state index in [2.05, 4.69) is 10.3 Å². The molecule has 0 aliphatic heterocycles. The second-order valence-corrected chi connectivity index (χ2v) is 7.30. The van der Waals surface area contributed by atoms with Gasteiger partial charge in [0.25, 0.3) is 0 Å². The molecule has 0 saturated carbocycles. The Balaban J connectivity index is 1.93. The van der Waals surface area contributed by atoms with Gasteiger partial charge in [0.2, 0.25) is 0 Å². The Bertz CT molecular complexity index is 1220. The molecule has 0 atom stereocenters. The maximum Gasteiger partial charge on any atom is 0.460 e. The van der Waals surface area contributed by atoms with Crippen molar-refractivity contribution in [3.8, 4) is 5.69 Å². The van der Waals surface area contributed by atoms with Gasteiger partial charge in [-0.05, 0) is 48.9 Å². The first kappa shape index (κ1) is 25.8. The van der Waals surface area contributed by atoms with E-state index in [0.29, 0.717) is 10.4 Å². The summed E-state index contributed by atoms with van der Waals surface area (Å²) in [6, 6.07) is 10.6. The highest BCUT2D eigenvalue weighted by atomic mass is 19.4. The van der Waals surface area contributed by atoms with Gasteiger partial charge in [-0.2, -0.15) is 39.5 Å². The lowest BCUT2D eigenvalue weighted by Gasteiger charge is -2.32. The molecule has 0 unspecified atom stereocenters. The first-order valence-electron chi connectivity index (χ1n) is 9.40. The molecular formula is C20H14F9N5O. The number of urea groups is 1. The lowest BCUT2D eigenvalue weighted by Crippen LogP contribution is -2.59. The van der Waals surface area contributed by atoms with Crippen LogP contribution in [0.25, 0.3) is 5.69 Å². The Morgan fingerprint density at radius 2 is 1.49 bits per heavy atom. The third kappa shape index (κ3) is 4.37. The zero-order valence-electron chi connectivity index (χ0n) is 17.4. The Morgan fingerprint density at radius 3 is 2.00 bits per heavy atom. The van der Waals surface area contributed by atoms with E-state index in [-0.39, 0.29) is 17.6 Å². The van der Waals surface area contributed by atoms with E-state index in [9.17, 15) is 44.3 Å². The Morgan fingerprint density at radius 1 is 0.886 bits per heavy atom. The molecule has 2 N–H and O–H groups in total. The van der Waals surface area contributed by atoms with Crippen LogP contribution in [0.15, 0.2) is 54.7 Å². The summed E-state index contributed by atoms with van der Waals surface area (Å²) in [4.78, 5) is 13.0. The molecule has 188 valence electrons. The number of rotatable bonds is 6. The molecule has 2 amide bonds. The van der Waals surface area contributed by atoms with Gasteiger partial charge in [0.1, 0.15) is 0 Å². The number of hydrogen-bond donors (Lipinski definition) is 1. The largest absolute Gasteiger partial charge is 0.460 e. The summed E-state index contributed by atoms with van der Waals surface area (Å²) < 4.78 is 119. The van der Waals surface area contributed by atoms with Crippen molar-refractivity contribution in [3.05, 3.63) is 66.0 Å². The summed E-state index contributed by atoms with van der Waals surface area (Å²) in [5, 5.41) is 5.78. The van der Waals surface area contributed by atoms with Crippen molar-refractivity contribution in [2.24, 2.45) is 5.73 Å². The molecule has 3 rings (SSSR count). The minimum Gasteiger partial charge on any atom is -0.351 e. The summed E-state index contributed by atoms with van der Waals surface area (Å²) >= 11 is 0. The Kier molecular flexibility index (Phi) is 6.25. The number of halogens is 9. The second-order valence-electron chi connectivity index (χ2n) is 7.30. The molecule has 1 heterocycles. The number of amides is 2. The highest BCUT2D eigenvalue weighted by Crippen LogP contribution is 2.56. The van der Waals surface area contributed by atoms with Gasteiger partial charge in [0.15, 0.2) is 5.69 Å². The van der Waals surface area contributed by atoms with Gasteiger partial charge in [0.05, 0.1) is 23.3 Å².